The molecule has 1 saturated heterocycles. The van der Waals surface area contributed by atoms with E-state index in [1.165, 1.54) is 6.07 Å². The molecule has 0 unspecified atom stereocenters. The third-order valence-electron chi connectivity index (χ3n) is 3.19. The molecule has 1 aliphatic rings. The minimum Gasteiger partial charge on any atom is -0.447 e. The number of hydrogen-bond acceptors (Lipinski definition) is 4. The van der Waals surface area contributed by atoms with Crippen LogP contribution in [-0.4, -0.2) is 42.3 Å². The highest BCUT2D eigenvalue weighted by molar-refractivity contribution is 5.93. The predicted molar refractivity (Wildman–Crippen MR) is 72.3 cm³/mol. The molecule has 0 spiro atoms. The average Bonchev–Trinajstić information content (AvgIpc) is 2.83. The van der Waals surface area contributed by atoms with Crippen LogP contribution in [0.25, 0.3) is 0 Å². The monoisotopic (exact) mass is 316 g/mol. The van der Waals surface area contributed by atoms with Gasteiger partial charge < -0.3 is 10.1 Å². The van der Waals surface area contributed by atoms with E-state index < -0.39 is 30.6 Å². The van der Waals surface area contributed by atoms with Crippen LogP contribution in [-0.2, 0) is 9.53 Å². The molecule has 1 aromatic carbocycles. The summed E-state index contributed by atoms with van der Waals surface area (Å²) in [7, 11) is 0. The lowest BCUT2D eigenvalue weighted by Gasteiger charge is -2.23. The molecule has 2 amide bonds. The number of aryl methyl sites for hydroxylation is 1. The molecule has 120 valence electrons. The van der Waals surface area contributed by atoms with Gasteiger partial charge in [-0.25, -0.2) is 9.69 Å². The maximum Gasteiger partial charge on any atom is 0.416 e. The Hall–Kier alpha value is -2.25. The first-order chi connectivity index (χ1) is 10.3. The fourth-order valence-corrected chi connectivity index (χ4v) is 2.09. The Balaban J connectivity index is 2.10. The van der Waals surface area contributed by atoms with Gasteiger partial charge in [0.1, 0.15) is 12.6 Å². The number of amides is 2. The van der Waals surface area contributed by atoms with Crippen LogP contribution in [0.5, 0.6) is 0 Å². The molecule has 1 atom stereocenters. The number of ether oxygens (including phenoxy) is 1. The molecule has 0 radical (unpaired) electrons. The standard InChI is InChI=1S/C14H15F3N2O3/c1-9-3-2-4-10(7-9)18-11(14(15,16)17)8-12(20)19-5-6-22-13(19)21/h2-4,7,11,18H,5-6,8H2,1H3/t11-/m1/s1. The summed E-state index contributed by atoms with van der Waals surface area (Å²) in [4.78, 5) is 23.8. The SMILES string of the molecule is Cc1cccc(N[C@H](CC(=O)N2CCOC2=O)C(F)(F)F)c1. The molecule has 0 aromatic heterocycles. The number of rotatable bonds is 4. The van der Waals surface area contributed by atoms with Crippen LogP contribution < -0.4 is 5.32 Å². The second-order valence-corrected chi connectivity index (χ2v) is 4.97. The van der Waals surface area contributed by atoms with E-state index in [1.54, 1.807) is 25.1 Å². The topological polar surface area (TPSA) is 58.6 Å². The van der Waals surface area contributed by atoms with E-state index in [2.05, 4.69) is 10.1 Å². The maximum absolute atomic E-state index is 13.1. The fraction of sp³-hybridized carbons (Fsp3) is 0.429. The van der Waals surface area contributed by atoms with E-state index in [9.17, 15) is 22.8 Å². The second kappa shape index (κ2) is 6.25. The van der Waals surface area contributed by atoms with E-state index in [-0.39, 0.29) is 18.8 Å². The number of nitrogens with zero attached hydrogens (tertiary/aromatic N) is 1. The summed E-state index contributed by atoms with van der Waals surface area (Å²) in [6.07, 6.45) is -6.39. The van der Waals surface area contributed by atoms with Gasteiger partial charge in [-0.05, 0) is 24.6 Å². The largest absolute Gasteiger partial charge is 0.447 e. The third-order valence-corrected chi connectivity index (χ3v) is 3.19. The van der Waals surface area contributed by atoms with Crippen LogP contribution in [0, 0.1) is 6.92 Å². The highest BCUT2D eigenvalue weighted by Gasteiger charge is 2.43. The molecule has 1 aliphatic heterocycles. The molecule has 8 heteroatoms. The first kappa shape index (κ1) is 16.1. The van der Waals surface area contributed by atoms with Crippen molar-refractivity contribution in [1.29, 1.82) is 0 Å². The summed E-state index contributed by atoms with van der Waals surface area (Å²) < 4.78 is 43.9. The minimum absolute atomic E-state index is 0.00651. The van der Waals surface area contributed by atoms with Crippen molar-refractivity contribution in [2.75, 3.05) is 18.5 Å². The normalized spacial score (nSPS) is 16.4. The average molecular weight is 316 g/mol. The summed E-state index contributed by atoms with van der Waals surface area (Å²) in [5.74, 6) is -0.912. The summed E-state index contributed by atoms with van der Waals surface area (Å²) in [5.41, 5.74) is 1.06. The zero-order valence-electron chi connectivity index (χ0n) is 11.8. The summed E-state index contributed by atoms with van der Waals surface area (Å²) >= 11 is 0. The van der Waals surface area contributed by atoms with Crippen molar-refractivity contribution in [3.63, 3.8) is 0 Å². The number of cyclic esters (lactones) is 1. The number of imide groups is 1. The second-order valence-electron chi connectivity index (χ2n) is 4.97. The van der Waals surface area contributed by atoms with E-state index in [4.69, 9.17) is 0 Å². The number of benzene rings is 1. The van der Waals surface area contributed by atoms with Crippen LogP contribution in [0.1, 0.15) is 12.0 Å². The first-order valence-corrected chi connectivity index (χ1v) is 6.64. The molecule has 1 heterocycles. The van der Waals surface area contributed by atoms with Gasteiger partial charge in [-0.1, -0.05) is 12.1 Å². The van der Waals surface area contributed by atoms with E-state index in [0.29, 0.717) is 4.90 Å². The molecule has 5 nitrogen and oxygen atoms in total. The van der Waals surface area contributed by atoms with Gasteiger partial charge in [0.05, 0.1) is 13.0 Å². The van der Waals surface area contributed by atoms with Crippen molar-refractivity contribution in [3.05, 3.63) is 29.8 Å². The van der Waals surface area contributed by atoms with Crippen molar-refractivity contribution in [3.8, 4) is 0 Å². The summed E-state index contributed by atoms with van der Waals surface area (Å²) in [5, 5.41) is 2.30. The fourth-order valence-electron chi connectivity index (χ4n) is 2.09. The lowest BCUT2D eigenvalue weighted by atomic mass is 10.1. The van der Waals surface area contributed by atoms with Gasteiger partial charge in [0, 0.05) is 5.69 Å². The van der Waals surface area contributed by atoms with Crippen LogP contribution in [0.2, 0.25) is 0 Å². The highest BCUT2D eigenvalue weighted by Crippen LogP contribution is 2.27. The Bertz CT molecular complexity index is 575. The molecule has 22 heavy (non-hydrogen) atoms. The molecule has 1 N–H and O–H groups in total. The van der Waals surface area contributed by atoms with E-state index in [1.807, 2.05) is 0 Å². The number of halogens is 3. The Labute approximate surface area is 125 Å². The number of hydrogen-bond donors (Lipinski definition) is 1. The van der Waals surface area contributed by atoms with Crippen LogP contribution >= 0.6 is 0 Å². The Morgan fingerprint density at radius 3 is 2.73 bits per heavy atom. The number of alkyl halides is 3. The van der Waals surface area contributed by atoms with Crippen molar-refractivity contribution in [1.82, 2.24) is 4.90 Å². The first-order valence-electron chi connectivity index (χ1n) is 6.64. The van der Waals surface area contributed by atoms with Crippen molar-refractivity contribution in [2.24, 2.45) is 0 Å². The molecular formula is C14H15F3N2O3. The molecule has 2 rings (SSSR count). The number of carbonyl (C=O) groups is 2. The van der Waals surface area contributed by atoms with Gasteiger partial charge >= 0.3 is 12.3 Å². The molecular weight excluding hydrogens is 301 g/mol. The Morgan fingerprint density at radius 2 is 2.18 bits per heavy atom. The van der Waals surface area contributed by atoms with Gasteiger partial charge in [-0.3, -0.25) is 4.79 Å². The molecule has 1 fully saturated rings. The molecule has 0 bridgehead atoms. The predicted octanol–water partition coefficient (Wildman–Crippen LogP) is 2.71. The van der Waals surface area contributed by atoms with Gasteiger partial charge in [-0.15, -0.1) is 0 Å². The maximum atomic E-state index is 13.1. The van der Waals surface area contributed by atoms with Gasteiger partial charge in [0.15, 0.2) is 0 Å². The lowest BCUT2D eigenvalue weighted by Crippen LogP contribution is -2.42. The highest BCUT2D eigenvalue weighted by atomic mass is 19.4. The van der Waals surface area contributed by atoms with Gasteiger partial charge in [-0.2, -0.15) is 13.2 Å². The van der Waals surface area contributed by atoms with Gasteiger partial charge in [0.2, 0.25) is 5.91 Å². The molecule has 0 aliphatic carbocycles. The van der Waals surface area contributed by atoms with Crippen molar-refractivity contribution < 1.29 is 27.5 Å². The van der Waals surface area contributed by atoms with Crippen LogP contribution in [0.15, 0.2) is 24.3 Å². The quantitative estimate of drug-likeness (QED) is 0.928. The molecule has 1 aromatic rings. The van der Waals surface area contributed by atoms with E-state index >= 15 is 0 Å². The smallest absolute Gasteiger partial charge is 0.416 e. The van der Waals surface area contributed by atoms with Gasteiger partial charge in [0.25, 0.3) is 0 Å². The van der Waals surface area contributed by atoms with E-state index in [0.717, 1.165) is 5.56 Å². The molecule has 0 saturated carbocycles. The summed E-state index contributed by atoms with van der Waals surface area (Å²) in [6, 6.07) is 4.33. The van der Waals surface area contributed by atoms with Crippen LogP contribution in [0.4, 0.5) is 23.7 Å². The number of carbonyl (C=O) groups excluding carboxylic acids is 2. The van der Waals surface area contributed by atoms with Crippen molar-refractivity contribution >= 4 is 17.7 Å². The number of anilines is 1. The third kappa shape index (κ3) is 3.90. The zero-order valence-corrected chi connectivity index (χ0v) is 11.8. The summed E-state index contributed by atoms with van der Waals surface area (Å²) in [6.45, 7) is 1.73. The Kier molecular flexibility index (Phi) is 4.58. The Morgan fingerprint density at radius 1 is 1.45 bits per heavy atom. The minimum atomic E-state index is -4.62. The van der Waals surface area contributed by atoms with Crippen LogP contribution in [0.3, 0.4) is 0 Å². The number of nitrogens with one attached hydrogen (secondary N) is 1. The lowest BCUT2D eigenvalue weighted by molar-refractivity contribution is -0.153. The van der Waals surface area contributed by atoms with Crippen molar-refractivity contribution in [2.45, 2.75) is 25.6 Å². The zero-order chi connectivity index (χ0) is 16.3.